The predicted molar refractivity (Wildman–Crippen MR) is 221 cm³/mol. The first-order valence-corrected chi connectivity index (χ1v) is 29.2. The van der Waals surface area contributed by atoms with Crippen LogP contribution >= 0.6 is 0 Å². The summed E-state index contributed by atoms with van der Waals surface area (Å²) in [5.74, 6) is 0. The summed E-state index contributed by atoms with van der Waals surface area (Å²) in [7, 11) is -11.6. The van der Waals surface area contributed by atoms with Crippen molar-refractivity contribution in [1.82, 2.24) is 0 Å². The number of hydrogen-bond acceptors (Lipinski definition) is 4. The zero-order chi connectivity index (χ0) is 35.5. The fourth-order valence-corrected chi connectivity index (χ4v) is 29.2. The van der Waals surface area contributed by atoms with Crippen molar-refractivity contribution in [3.05, 3.63) is 47.1 Å². The second-order valence-electron chi connectivity index (χ2n) is 14.2. The van der Waals surface area contributed by atoms with Gasteiger partial charge in [0.25, 0.3) is 0 Å². The van der Waals surface area contributed by atoms with E-state index in [1.165, 1.54) is 51.4 Å². The van der Waals surface area contributed by atoms with Crippen LogP contribution in [0.2, 0.25) is 24.2 Å². The van der Waals surface area contributed by atoms with Crippen molar-refractivity contribution >= 4 is 34.2 Å². The molecule has 0 saturated carbocycles. The predicted octanol–water partition coefficient (Wildman–Crippen LogP) is 14.2. The van der Waals surface area contributed by atoms with Crippen molar-refractivity contribution in [2.75, 3.05) is 0 Å². The number of unbranched alkanes of at least 4 members (excludes halogenated alkanes) is 12. The topological polar surface area (TPSA) is 36.9 Å². The summed E-state index contributed by atoms with van der Waals surface area (Å²) in [6, 6.07) is 3.94. The molecule has 1 fully saturated rings. The normalized spacial score (nSPS) is 27.2. The first-order chi connectivity index (χ1) is 23.3. The van der Waals surface area contributed by atoms with E-state index in [1.54, 1.807) is 0 Å². The van der Waals surface area contributed by atoms with Gasteiger partial charge in [-0.05, 0) is 72.7 Å². The molecule has 0 radical (unpaired) electrons. The Labute approximate surface area is 304 Å². The van der Waals surface area contributed by atoms with E-state index in [2.05, 4.69) is 102 Å². The molecule has 8 heteroatoms. The van der Waals surface area contributed by atoms with Crippen LogP contribution in [-0.2, 0) is 16.5 Å². The van der Waals surface area contributed by atoms with Crippen LogP contribution in [0, 0.1) is 0 Å². The van der Waals surface area contributed by atoms with E-state index >= 15 is 0 Å². The van der Waals surface area contributed by atoms with Crippen molar-refractivity contribution in [2.24, 2.45) is 0 Å². The lowest BCUT2D eigenvalue weighted by Crippen LogP contribution is -2.69. The zero-order valence-corrected chi connectivity index (χ0v) is 37.2. The first-order valence-electron chi connectivity index (χ1n) is 20.8. The molecular formula is C40H80O4Si4. The maximum absolute atomic E-state index is 7.97. The van der Waals surface area contributed by atoms with Gasteiger partial charge < -0.3 is 16.5 Å². The summed E-state index contributed by atoms with van der Waals surface area (Å²) in [4.78, 5) is 0. The lowest BCUT2D eigenvalue weighted by atomic mass is 10.3. The van der Waals surface area contributed by atoms with E-state index in [0.717, 1.165) is 101 Å². The Morgan fingerprint density at radius 3 is 0.667 bits per heavy atom. The quantitative estimate of drug-likeness (QED) is 0.0592. The minimum absolute atomic E-state index is 0.984. The summed E-state index contributed by atoms with van der Waals surface area (Å²) in [5.41, 5.74) is 9.84. The molecule has 0 spiro atoms. The molecule has 0 unspecified atom stereocenters. The van der Waals surface area contributed by atoms with Crippen LogP contribution in [-0.4, -0.2) is 34.2 Å². The van der Waals surface area contributed by atoms with E-state index in [0.29, 0.717) is 0 Å². The Balaban J connectivity index is 4.22. The number of allylic oxidation sites excluding steroid dienone is 4. The van der Waals surface area contributed by atoms with E-state index in [-0.39, 0.29) is 0 Å². The van der Waals surface area contributed by atoms with Crippen LogP contribution in [0.1, 0.15) is 184 Å². The fourth-order valence-electron chi connectivity index (χ4n) is 6.47. The largest absolute Gasteiger partial charge is 0.409 e. The summed E-state index contributed by atoms with van der Waals surface area (Å²) in [6.45, 7) is 18.3. The van der Waals surface area contributed by atoms with Crippen LogP contribution in [0.3, 0.4) is 0 Å². The third-order valence-corrected chi connectivity index (χ3v) is 27.4. The molecule has 48 heavy (non-hydrogen) atoms. The molecule has 0 bridgehead atoms. The molecule has 4 nitrogen and oxygen atoms in total. The van der Waals surface area contributed by atoms with Gasteiger partial charge in [-0.2, -0.15) is 0 Å². The SMILES string of the molecule is CCCC=C[Si]1(CCCCC)O[Si](C=CCCC)(CCCCC)O[Si](C=CCCC)(CCCCC)O[Si](C=CCCC)(CCCCC)O1. The Kier molecular flexibility index (Phi) is 26.0. The van der Waals surface area contributed by atoms with Crippen LogP contribution < -0.4 is 0 Å². The molecule has 0 aliphatic carbocycles. The van der Waals surface area contributed by atoms with E-state index in [1.807, 2.05) is 0 Å². The molecule has 0 aromatic rings. The average molecular weight is 737 g/mol. The molecular weight excluding hydrogens is 657 g/mol. The minimum Gasteiger partial charge on any atom is -0.409 e. The Morgan fingerprint density at radius 2 is 0.500 bits per heavy atom. The second kappa shape index (κ2) is 27.3. The van der Waals surface area contributed by atoms with Crippen LogP contribution in [0.15, 0.2) is 47.1 Å². The van der Waals surface area contributed by atoms with E-state index in [4.69, 9.17) is 16.5 Å². The molecule has 1 saturated heterocycles. The van der Waals surface area contributed by atoms with Gasteiger partial charge in [0.15, 0.2) is 0 Å². The zero-order valence-electron chi connectivity index (χ0n) is 33.2. The maximum Gasteiger partial charge on any atom is 0.347 e. The molecule has 0 N–H and O–H groups in total. The highest BCUT2D eigenvalue weighted by atomic mass is 28.5. The van der Waals surface area contributed by atoms with Gasteiger partial charge in [0.2, 0.25) is 0 Å². The third kappa shape index (κ3) is 17.7. The third-order valence-electron chi connectivity index (χ3n) is 9.21. The van der Waals surface area contributed by atoms with Gasteiger partial charge in [0.1, 0.15) is 0 Å². The van der Waals surface area contributed by atoms with E-state index in [9.17, 15) is 0 Å². The van der Waals surface area contributed by atoms with Gasteiger partial charge in [-0.25, -0.2) is 0 Å². The summed E-state index contributed by atoms with van der Waals surface area (Å²) < 4.78 is 31.9. The highest BCUT2D eigenvalue weighted by Gasteiger charge is 2.59. The molecule has 0 atom stereocenters. The van der Waals surface area contributed by atoms with Crippen molar-refractivity contribution in [1.29, 1.82) is 0 Å². The molecule has 0 aromatic heterocycles. The standard InChI is InChI=1S/C40H80O4Si4/c1-9-17-25-33-45(34-26-18-10-2)41-46(35-27-19-11-3,36-28-20-12-4)43-48(39-31-23-15-7,40-32-24-16-8)44-47(42-45,37-29-21-13-5)38-30-22-14-6/h25,27,29,31,33,35,37,39H,9-24,26,28,30,32,34,36,38,40H2,1-8H3. The van der Waals surface area contributed by atoms with Gasteiger partial charge in [0.05, 0.1) is 0 Å². The summed E-state index contributed by atoms with van der Waals surface area (Å²) in [5, 5.41) is 0. The molecule has 0 aromatic carbocycles. The lowest BCUT2D eigenvalue weighted by Gasteiger charge is -2.51. The van der Waals surface area contributed by atoms with Gasteiger partial charge in [-0.1, -0.05) is 182 Å². The lowest BCUT2D eigenvalue weighted by molar-refractivity contribution is 0.231. The average Bonchev–Trinajstić information content (AvgIpc) is 3.05. The molecule has 1 aliphatic heterocycles. The van der Waals surface area contributed by atoms with Crippen LogP contribution in [0.5, 0.6) is 0 Å². The Morgan fingerprint density at radius 1 is 0.292 bits per heavy atom. The van der Waals surface area contributed by atoms with Crippen LogP contribution in [0.25, 0.3) is 0 Å². The highest BCUT2D eigenvalue weighted by Crippen LogP contribution is 2.42. The van der Waals surface area contributed by atoms with Gasteiger partial charge >= 0.3 is 34.2 Å². The number of hydrogen-bond donors (Lipinski definition) is 0. The highest BCUT2D eigenvalue weighted by molar-refractivity contribution is 6.99. The smallest absolute Gasteiger partial charge is 0.347 e. The van der Waals surface area contributed by atoms with Gasteiger partial charge in [-0.15, -0.1) is 0 Å². The summed E-state index contributed by atoms with van der Waals surface area (Å²) in [6.07, 6.45) is 32.4. The van der Waals surface area contributed by atoms with E-state index < -0.39 is 34.2 Å². The summed E-state index contributed by atoms with van der Waals surface area (Å²) >= 11 is 0. The minimum atomic E-state index is -2.90. The van der Waals surface area contributed by atoms with Crippen molar-refractivity contribution in [3.8, 4) is 0 Å². The van der Waals surface area contributed by atoms with Gasteiger partial charge in [0, 0.05) is 0 Å². The Hall–Kier alpha value is -0.332. The fraction of sp³-hybridized carbons (Fsp3) is 0.800. The van der Waals surface area contributed by atoms with Crippen LogP contribution in [0.4, 0.5) is 0 Å². The molecule has 1 aliphatic rings. The molecule has 0 amide bonds. The monoisotopic (exact) mass is 737 g/mol. The molecule has 1 heterocycles. The number of rotatable bonds is 28. The molecule has 280 valence electrons. The van der Waals surface area contributed by atoms with Crippen molar-refractivity contribution in [2.45, 2.75) is 208 Å². The molecule has 1 rings (SSSR count). The van der Waals surface area contributed by atoms with Crippen molar-refractivity contribution < 1.29 is 16.5 Å². The second-order valence-corrected chi connectivity index (χ2v) is 27.3. The Bertz CT molecular complexity index is 752. The van der Waals surface area contributed by atoms with Crippen molar-refractivity contribution in [3.63, 3.8) is 0 Å². The first kappa shape index (κ1) is 45.7. The maximum atomic E-state index is 7.97. The van der Waals surface area contributed by atoms with Gasteiger partial charge in [-0.3, -0.25) is 0 Å².